The van der Waals surface area contributed by atoms with Gasteiger partial charge in [-0.15, -0.1) is 0 Å². The summed E-state index contributed by atoms with van der Waals surface area (Å²) in [5.74, 6) is 1.49. The number of aryl methyl sites for hydroxylation is 2. The number of carbonyl (C=O) groups is 2. The zero-order valence-corrected chi connectivity index (χ0v) is 22.6. The minimum atomic E-state index is -1.54. The molecule has 2 aromatic carbocycles. The number of aromatic amines is 1. The molecule has 198 valence electrons. The summed E-state index contributed by atoms with van der Waals surface area (Å²) >= 11 is 0. The molecule has 0 bridgehead atoms. The van der Waals surface area contributed by atoms with Crippen LogP contribution in [-0.4, -0.2) is 69.5 Å². The Kier molecular flexibility index (Phi) is 9.81. The first-order chi connectivity index (χ1) is 17.7. The summed E-state index contributed by atoms with van der Waals surface area (Å²) in [6.07, 6.45) is 3.40. The van der Waals surface area contributed by atoms with E-state index in [9.17, 15) is 13.8 Å². The van der Waals surface area contributed by atoms with Crippen molar-refractivity contribution in [1.82, 2.24) is 24.5 Å². The van der Waals surface area contributed by atoms with Gasteiger partial charge in [-0.25, -0.2) is 13.5 Å². The maximum Gasteiger partial charge on any atom is 0.242 e. The summed E-state index contributed by atoms with van der Waals surface area (Å²) in [5.41, 5.74) is 2.56. The second-order valence-electron chi connectivity index (χ2n) is 8.62. The van der Waals surface area contributed by atoms with Crippen molar-refractivity contribution in [2.45, 2.75) is 31.9 Å². The Balaban J connectivity index is 1.44. The predicted octanol–water partition coefficient (Wildman–Crippen LogP) is 2.34. The number of aromatic nitrogens is 2. The van der Waals surface area contributed by atoms with Crippen molar-refractivity contribution >= 4 is 22.8 Å². The van der Waals surface area contributed by atoms with Crippen LogP contribution in [0.15, 0.2) is 53.7 Å². The molecule has 0 aliphatic rings. The van der Waals surface area contributed by atoms with Crippen LogP contribution in [-0.2, 0) is 33.7 Å². The number of likely N-dealkylation sites (N-methyl/N-ethyl adjacent to an activating group) is 2. The van der Waals surface area contributed by atoms with Gasteiger partial charge in [0, 0.05) is 33.0 Å². The highest BCUT2D eigenvalue weighted by molar-refractivity contribution is 7.82. The summed E-state index contributed by atoms with van der Waals surface area (Å²) in [6.45, 7) is 4.16. The summed E-state index contributed by atoms with van der Waals surface area (Å²) in [7, 11) is 3.32. The highest BCUT2D eigenvalue weighted by Gasteiger charge is 2.20. The van der Waals surface area contributed by atoms with E-state index in [1.165, 1.54) is 9.21 Å². The third-order valence-corrected chi connectivity index (χ3v) is 7.32. The molecule has 1 atom stereocenters. The molecule has 37 heavy (non-hydrogen) atoms. The molecule has 0 spiro atoms. The van der Waals surface area contributed by atoms with E-state index in [1.807, 2.05) is 50.2 Å². The molecule has 0 aliphatic heterocycles. The number of carbonyl (C=O) groups excluding carboxylic acids is 2. The molecule has 0 radical (unpaired) electrons. The number of benzene rings is 2. The normalized spacial score (nSPS) is 11.7. The smallest absolute Gasteiger partial charge is 0.242 e. The topological polar surface area (TPSA) is 117 Å². The van der Waals surface area contributed by atoms with Crippen LogP contribution in [0, 0.1) is 13.8 Å². The van der Waals surface area contributed by atoms with Crippen LogP contribution in [0.4, 0.5) is 0 Å². The molecule has 1 aromatic heterocycles. The van der Waals surface area contributed by atoms with Gasteiger partial charge < -0.3 is 24.7 Å². The summed E-state index contributed by atoms with van der Waals surface area (Å²) in [6, 6.07) is 11.1. The second kappa shape index (κ2) is 13.0. The third-order valence-electron chi connectivity index (χ3n) is 5.63. The van der Waals surface area contributed by atoms with Crippen molar-refractivity contribution in [2.24, 2.45) is 0 Å². The van der Waals surface area contributed by atoms with E-state index in [4.69, 9.17) is 9.47 Å². The molecule has 1 heterocycles. The Hall–Kier alpha value is -3.70. The van der Waals surface area contributed by atoms with E-state index < -0.39 is 11.0 Å². The van der Waals surface area contributed by atoms with Crippen molar-refractivity contribution in [3.05, 3.63) is 71.3 Å². The zero-order valence-electron chi connectivity index (χ0n) is 21.7. The Morgan fingerprint density at radius 3 is 2.35 bits per heavy atom. The van der Waals surface area contributed by atoms with Crippen molar-refractivity contribution in [1.29, 1.82) is 0 Å². The van der Waals surface area contributed by atoms with Gasteiger partial charge in [-0.3, -0.25) is 9.59 Å². The highest BCUT2D eigenvalue weighted by Crippen LogP contribution is 2.25. The first-order valence-corrected chi connectivity index (χ1v) is 12.8. The predicted molar refractivity (Wildman–Crippen MR) is 140 cm³/mol. The minimum absolute atomic E-state index is 0.117. The van der Waals surface area contributed by atoms with E-state index in [2.05, 4.69) is 15.3 Å². The molecule has 0 saturated carbocycles. The van der Waals surface area contributed by atoms with E-state index >= 15 is 0 Å². The quantitative estimate of drug-likeness (QED) is 0.374. The molecular formula is C26H33N5O5S. The Morgan fingerprint density at radius 1 is 1.08 bits per heavy atom. The van der Waals surface area contributed by atoms with Gasteiger partial charge in [0.05, 0.1) is 25.1 Å². The van der Waals surface area contributed by atoms with Crippen molar-refractivity contribution < 1.29 is 23.3 Å². The molecule has 0 fully saturated rings. The van der Waals surface area contributed by atoms with Crippen LogP contribution >= 0.6 is 0 Å². The fourth-order valence-corrected chi connectivity index (χ4v) is 4.88. The average Bonchev–Trinajstić information content (AvgIpc) is 3.40. The van der Waals surface area contributed by atoms with Crippen molar-refractivity contribution in [2.75, 3.05) is 34.3 Å². The molecule has 0 saturated heterocycles. The first kappa shape index (κ1) is 27.9. The molecule has 2 amide bonds. The van der Waals surface area contributed by atoms with Gasteiger partial charge in [-0.2, -0.15) is 0 Å². The maximum atomic E-state index is 13.0. The molecule has 0 aliphatic carbocycles. The number of amides is 2. The number of imidazole rings is 1. The number of ether oxygens (including phenoxy) is 2. The summed E-state index contributed by atoms with van der Waals surface area (Å²) in [5, 5.41) is 2.62. The lowest BCUT2D eigenvalue weighted by Gasteiger charge is -2.20. The number of rotatable bonds is 12. The van der Waals surface area contributed by atoms with Gasteiger partial charge in [0.1, 0.15) is 34.9 Å². The molecule has 11 heteroatoms. The zero-order chi connectivity index (χ0) is 26.9. The van der Waals surface area contributed by atoms with Gasteiger partial charge in [0.25, 0.3) is 0 Å². The van der Waals surface area contributed by atoms with Gasteiger partial charge in [0.2, 0.25) is 11.8 Å². The van der Waals surface area contributed by atoms with Crippen molar-refractivity contribution in [3.63, 3.8) is 0 Å². The SMILES string of the molecule is COc1cc(C)c(S(=O)N(C)CC(=O)NCC(=O)N(C)Cc2ccc(OCc3ncc[nH]3)cc2)c(C)c1. The standard InChI is InChI=1S/C26H33N5O5S/c1-18-12-22(35-5)13-19(2)26(18)37(34)31(4)16-24(32)29-14-25(33)30(3)15-20-6-8-21(9-7-20)36-17-23-27-10-11-28-23/h6-13H,14-17H2,1-5H3,(H,27,28)(H,29,32). The summed E-state index contributed by atoms with van der Waals surface area (Å²) < 4.78 is 25.4. The van der Waals surface area contributed by atoms with E-state index in [-0.39, 0.29) is 24.9 Å². The van der Waals surface area contributed by atoms with Crippen LogP contribution in [0.1, 0.15) is 22.5 Å². The largest absolute Gasteiger partial charge is 0.497 e. The second-order valence-corrected chi connectivity index (χ2v) is 10.2. The fourth-order valence-electron chi connectivity index (χ4n) is 3.67. The molecule has 1 unspecified atom stereocenters. The maximum absolute atomic E-state index is 13.0. The van der Waals surface area contributed by atoms with Gasteiger partial charge in [0.15, 0.2) is 0 Å². The number of hydrogen-bond acceptors (Lipinski definition) is 6. The average molecular weight is 528 g/mol. The Labute approximate surface area is 219 Å². The summed E-state index contributed by atoms with van der Waals surface area (Å²) in [4.78, 5) is 34.2. The van der Waals surface area contributed by atoms with E-state index in [1.54, 1.807) is 33.6 Å². The third kappa shape index (κ3) is 7.89. The van der Waals surface area contributed by atoms with E-state index in [0.29, 0.717) is 29.5 Å². The lowest BCUT2D eigenvalue weighted by atomic mass is 10.1. The molecular weight excluding hydrogens is 494 g/mol. The molecule has 3 aromatic rings. The molecule has 10 nitrogen and oxygen atoms in total. The Morgan fingerprint density at radius 2 is 1.76 bits per heavy atom. The van der Waals surface area contributed by atoms with Crippen molar-refractivity contribution in [3.8, 4) is 11.5 Å². The van der Waals surface area contributed by atoms with Crippen LogP contribution in [0.3, 0.4) is 0 Å². The van der Waals surface area contributed by atoms with Crippen LogP contribution < -0.4 is 14.8 Å². The van der Waals surface area contributed by atoms with E-state index in [0.717, 1.165) is 22.5 Å². The number of nitrogens with one attached hydrogen (secondary N) is 2. The van der Waals surface area contributed by atoms with Crippen LogP contribution in [0.2, 0.25) is 0 Å². The fraction of sp³-hybridized carbons (Fsp3) is 0.346. The lowest BCUT2D eigenvalue weighted by molar-refractivity contribution is -0.132. The number of nitrogens with zero attached hydrogens (tertiary/aromatic N) is 3. The first-order valence-electron chi connectivity index (χ1n) is 11.7. The number of H-pyrrole nitrogens is 1. The highest BCUT2D eigenvalue weighted by atomic mass is 32.2. The Bertz CT molecular complexity index is 1210. The number of hydrogen-bond donors (Lipinski definition) is 2. The van der Waals surface area contributed by atoms with Gasteiger partial charge in [-0.05, 0) is 54.8 Å². The monoisotopic (exact) mass is 527 g/mol. The number of methoxy groups -OCH3 is 1. The molecule has 2 N–H and O–H groups in total. The van der Waals surface area contributed by atoms with Gasteiger partial charge >= 0.3 is 0 Å². The van der Waals surface area contributed by atoms with Crippen LogP contribution in [0.5, 0.6) is 11.5 Å². The van der Waals surface area contributed by atoms with Crippen LogP contribution in [0.25, 0.3) is 0 Å². The minimum Gasteiger partial charge on any atom is -0.497 e. The van der Waals surface area contributed by atoms with Gasteiger partial charge in [-0.1, -0.05) is 12.1 Å². The molecule has 3 rings (SSSR count). The lowest BCUT2D eigenvalue weighted by Crippen LogP contribution is -2.42.